The maximum atomic E-state index is 12.9. The summed E-state index contributed by atoms with van der Waals surface area (Å²) in [4.78, 5) is 58.8. The minimum absolute atomic E-state index is 0.0115. The molecule has 1 fully saturated rings. The number of methoxy groups -OCH3 is 1. The van der Waals surface area contributed by atoms with E-state index < -0.39 is 11.5 Å². The number of carboxylic acid groups (broad SMARTS) is 1. The van der Waals surface area contributed by atoms with Crippen LogP contribution in [0.25, 0.3) is 10.9 Å². The van der Waals surface area contributed by atoms with Crippen molar-refractivity contribution in [3.63, 3.8) is 0 Å². The molecule has 48 heavy (non-hydrogen) atoms. The molecule has 0 saturated carbocycles. The summed E-state index contributed by atoms with van der Waals surface area (Å²) < 4.78 is 23.1. The molecule has 3 heterocycles. The van der Waals surface area contributed by atoms with Gasteiger partial charge in [0.1, 0.15) is 10.8 Å². The lowest BCUT2D eigenvalue weighted by Gasteiger charge is -2.31. The predicted octanol–water partition coefficient (Wildman–Crippen LogP) is 1.70. The number of aliphatic carboxylic acids is 1. The highest BCUT2D eigenvalue weighted by Crippen LogP contribution is 2.33. The van der Waals surface area contributed by atoms with E-state index in [0.717, 1.165) is 0 Å². The molecule has 1 aliphatic rings. The molecule has 1 saturated heterocycles. The highest BCUT2D eigenvalue weighted by Gasteiger charge is 2.26. The summed E-state index contributed by atoms with van der Waals surface area (Å²) in [6.07, 6.45) is 2.69. The van der Waals surface area contributed by atoms with Crippen LogP contribution in [0.2, 0.25) is 5.02 Å². The number of benzene rings is 1. The van der Waals surface area contributed by atoms with Crippen LogP contribution in [0, 0.1) is 5.92 Å². The number of carbonyl (C=O) groups excluding carboxylic acids is 2. The third-order valence-corrected chi connectivity index (χ3v) is 7.90. The van der Waals surface area contributed by atoms with Gasteiger partial charge in [-0.05, 0) is 25.0 Å². The van der Waals surface area contributed by atoms with E-state index in [-0.39, 0.29) is 48.1 Å². The monoisotopic (exact) mass is 689 g/mol. The summed E-state index contributed by atoms with van der Waals surface area (Å²) >= 11 is 6.48. The van der Waals surface area contributed by atoms with Crippen LogP contribution in [0.1, 0.15) is 19.3 Å². The SMILES string of the molecule is CNC(=O)COc1cc2cc(Nc3nc(N4CCC(C(=O)NCCOCCOCCC(=O)O)CC4)ncc3Cl)cc(OC)c2n(C)c1=O. The van der Waals surface area contributed by atoms with Gasteiger partial charge in [-0.25, -0.2) is 4.98 Å². The van der Waals surface area contributed by atoms with Crippen LogP contribution in [-0.2, 0) is 30.9 Å². The van der Waals surface area contributed by atoms with Gasteiger partial charge in [-0.15, -0.1) is 0 Å². The van der Waals surface area contributed by atoms with Gasteiger partial charge in [-0.3, -0.25) is 19.2 Å². The van der Waals surface area contributed by atoms with Crippen LogP contribution in [0.5, 0.6) is 11.5 Å². The van der Waals surface area contributed by atoms with Gasteiger partial charge >= 0.3 is 5.97 Å². The van der Waals surface area contributed by atoms with Gasteiger partial charge in [-0.2, -0.15) is 4.98 Å². The number of hydrogen-bond acceptors (Lipinski definition) is 12. The Labute approximate surface area is 281 Å². The van der Waals surface area contributed by atoms with Crippen molar-refractivity contribution in [1.82, 2.24) is 25.2 Å². The molecule has 0 spiro atoms. The number of aryl methyl sites for hydroxylation is 1. The van der Waals surface area contributed by atoms with E-state index in [4.69, 9.17) is 35.7 Å². The molecule has 3 aromatic rings. The van der Waals surface area contributed by atoms with Crippen LogP contribution in [-0.4, -0.2) is 104 Å². The highest BCUT2D eigenvalue weighted by molar-refractivity contribution is 6.33. The fourth-order valence-corrected chi connectivity index (χ4v) is 5.20. The van der Waals surface area contributed by atoms with Gasteiger partial charge in [-0.1, -0.05) is 11.6 Å². The molecule has 4 N–H and O–H groups in total. The number of amides is 2. The number of ether oxygens (including phenoxy) is 4. The van der Waals surface area contributed by atoms with Gasteiger partial charge in [0, 0.05) is 56.8 Å². The number of fused-ring (bicyclic) bond motifs is 1. The van der Waals surface area contributed by atoms with Gasteiger partial charge < -0.3 is 49.5 Å². The standard InChI is InChI=1S/C31H40ClN7O9/c1-33-25(40)18-48-24-15-20-14-21(16-23(45-3)27(20)38(2)30(24)44)36-28-22(32)17-35-31(37-28)39-8-4-19(5-9-39)29(43)34-7-11-47-13-12-46-10-6-26(41)42/h14-17,19H,4-13,18H2,1-3H3,(H,33,40)(H,34,43)(H,41,42)(H,35,36,37). The lowest BCUT2D eigenvalue weighted by atomic mass is 9.96. The molecular formula is C31H40ClN7O9. The Kier molecular flexibility index (Phi) is 13.2. The number of piperidine rings is 1. The average molecular weight is 690 g/mol. The minimum atomic E-state index is -0.912. The molecule has 0 unspecified atom stereocenters. The van der Waals surface area contributed by atoms with Crippen LogP contribution >= 0.6 is 11.6 Å². The van der Waals surface area contributed by atoms with E-state index in [1.807, 2.05) is 4.90 Å². The van der Waals surface area contributed by atoms with Gasteiger partial charge in [0.25, 0.3) is 11.5 Å². The number of carboxylic acids is 1. The van der Waals surface area contributed by atoms with E-state index in [2.05, 4.69) is 25.9 Å². The van der Waals surface area contributed by atoms with E-state index in [0.29, 0.717) is 86.4 Å². The van der Waals surface area contributed by atoms with Gasteiger partial charge in [0.15, 0.2) is 18.2 Å². The zero-order chi connectivity index (χ0) is 34.6. The van der Waals surface area contributed by atoms with Crippen molar-refractivity contribution in [2.75, 3.05) is 77.0 Å². The van der Waals surface area contributed by atoms with Crippen LogP contribution in [0.15, 0.2) is 29.2 Å². The number of rotatable bonds is 17. The second kappa shape index (κ2) is 17.5. The number of nitrogens with zero attached hydrogens (tertiary/aromatic N) is 4. The van der Waals surface area contributed by atoms with E-state index in [1.54, 1.807) is 25.2 Å². The highest BCUT2D eigenvalue weighted by atomic mass is 35.5. The molecule has 0 aliphatic carbocycles. The maximum absolute atomic E-state index is 12.9. The number of halogens is 1. The van der Waals surface area contributed by atoms with Crippen molar-refractivity contribution in [2.24, 2.45) is 13.0 Å². The number of likely N-dealkylation sites (N-methyl/N-ethyl adjacent to an activating group) is 1. The topological polar surface area (TPSA) is 195 Å². The molecule has 0 atom stereocenters. The first-order chi connectivity index (χ1) is 23.1. The molecule has 260 valence electrons. The zero-order valence-electron chi connectivity index (χ0n) is 27.0. The van der Waals surface area contributed by atoms with Crippen molar-refractivity contribution in [3.05, 3.63) is 39.8 Å². The van der Waals surface area contributed by atoms with Crippen molar-refractivity contribution >= 4 is 57.7 Å². The largest absolute Gasteiger partial charge is 0.494 e. The van der Waals surface area contributed by atoms with Crippen LogP contribution in [0.3, 0.4) is 0 Å². The summed E-state index contributed by atoms with van der Waals surface area (Å²) in [7, 11) is 4.57. The first-order valence-corrected chi connectivity index (χ1v) is 15.7. The number of nitrogens with one attached hydrogen (secondary N) is 3. The molecule has 0 radical (unpaired) electrons. The fourth-order valence-electron chi connectivity index (χ4n) is 5.06. The number of anilines is 3. The lowest BCUT2D eigenvalue weighted by Crippen LogP contribution is -2.42. The Morgan fingerprint density at radius 2 is 1.79 bits per heavy atom. The van der Waals surface area contributed by atoms with E-state index >= 15 is 0 Å². The molecular weight excluding hydrogens is 650 g/mol. The summed E-state index contributed by atoms with van der Waals surface area (Å²) in [6, 6.07) is 5.06. The van der Waals surface area contributed by atoms with Crippen molar-refractivity contribution in [3.8, 4) is 11.5 Å². The van der Waals surface area contributed by atoms with Gasteiger partial charge in [0.05, 0.1) is 51.7 Å². The normalized spacial score (nSPS) is 13.3. The maximum Gasteiger partial charge on any atom is 0.305 e. The van der Waals surface area contributed by atoms with Crippen LogP contribution in [0.4, 0.5) is 17.5 Å². The number of carbonyl (C=O) groups is 3. The fraction of sp³-hybridized carbons (Fsp3) is 0.484. The number of hydrogen-bond donors (Lipinski definition) is 4. The number of pyridine rings is 1. The smallest absolute Gasteiger partial charge is 0.305 e. The second-order valence-corrected chi connectivity index (χ2v) is 11.3. The third-order valence-electron chi connectivity index (χ3n) is 7.62. The first kappa shape index (κ1) is 36.2. The molecule has 2 aromatic heterocycles. The van der Waals surface area contributed by atoms with E-state index in [1.165, 1.54) is 24.9 Å². The molecule has 17 heteroatoms. The Morgan fingerprint density at radius 3 is 2.48 bits per heavy atom. The molecule has 0 bridgehead atoms. The third kappa shape index (κ3) is 9.68. The Morgan fingerprint density at radius 1 is 1.06 bits per heavy atom. The number of aromatic nitrogens is 3. The summed E-state index contributed by atoms with van der Waals surface area (Å²) in [5.41, 5.74) is 0.693. The zero-order valence-corrected chi connectivity index (χ0v) is 27.8. The molecule has 16 nitrogen and oxygen atoms in total. The average Bonchev–Trinajstić information content (AvgIpc) is 3.08. The molecule has 2 amide bonds. The lowest BCUT2D eigenvalue weighted by molar-refractivity contribution is -0.138. The summed E-state index contributed by atoms with van der Waals surface area (Å²) in [5, 5.41) is 18.1. The van der Waals surface area contributed by atoms with Gasteiger partial charge in [0.2, 0.25) is 11.9 Å². The Hall–Kier alpha value is -4.67. The molecule has 4 rings (SSSR count). The second-order valence-electron chi connectivity index (χ2n) is 10.9. The van der Waals surface area contributed by atoms with Crippen LogP contribution < -0.4 is 35.9 Å². The Balaban J connectivity index is 1.35. The molecule has 1 aliphatic heterocycles. The van der Waals surface area contributed by atoms with Crippen molar-refractivity contribution < 1.29 is 38.4 Å². The first-order valence-electron chi connectivity index (χ1n) is 15.4. The van der Waals surface area contributed by atoms with Crippen molar-refractivity contribution in [2.45, 2.75) is 19.3 Å². The summed E-state index contributed by atoms with van der Waals surface area (Å²) in [5.74, 6) is -0.230. The minimum Gasteiger partial charge on any atom is -0.494 e. The molecule has 1 aromatic carbocycles. The Bertz CT molecular complexity index is 1660. The predicted molar refractivity (Wildman–Crippen MR) is 177 cm³/mol. The quantitative estimate of drug-likeness (QED) is 0.150. The van der Waals surface area contributed by atoms with Crippen molar-refractivity contribution in [1.29, 1.82) is 0 Å². The summed E-state index contributed by atoms with van der Waals surface area (Å²) in [6.45, 7) is 2.27. The van der Waals surface area contributed by atoms with E-state index in [9.17, 15) is 19.2 Å².